The van der Waals surface area contributed by atoms with Gasteiger partial charge in [-0.05, 0) is 191 Å². The van der Waals surface area contributed by atoms with Gasteiger partial charge in [0, 0.05) is 14.8 Å². The van der Waals surface area contributed by atoms with E-state index >= 15 is 0 Å². The first-order valence-corrected chi connectivity index (χ1v) is 24.1. The maximum absolute atomic E-state index is 12.3. The minimum Gasteiger partial charge on any atom is -0.460 e. The van der Waals surface area contributed by atoms with Crippen LogP contribution in [0.4, 0.5) is 0 Å². The molecule has 6 bridgehead atoms. The van der Waals surface area contributed by atoms with Gasteiger partial charge in [0.25, 0.3) is 0 Å². The van der Waals surface area contributed by atoms with Crippen molar-refractivity contribution in [1.82, 2.24) is 0 Å². The molecule has 9 aliphatic rings. The van der Waals surface area contributed by atoms with Crippen molar-refractivity contribution in [2.45, 2.75) is 175 Å². The quantitative estimate of drug-likeness (QED) is 0.0778. The standard InChI is InChI=1S/3C16H25NO4/c3*1-15(2,3)21-14(18)8-16(9-17(19)20)12-5-4-10-6-11(12)13(16)7-10/h3*10-13H,4-9H2,1-3H3/t10-,11-,12?,13-,16-;2*10-,11-,12+,13-,16-/m011/s1. The van der Waals surface area contributed by atoms with E-state index in [1.54, 1.807) is 0 Å². The Morgan fingerprint density at radius 1 is 0.429 bits per heavy atom. The number of rotatable bonds is 12. The van der Waals surface area contributed by atoms with Gasteiger partial charge in [-0.25, -0.2) is 0 Å². The second-order valence-electron chi connectivity index (χ2n) is 24.8. The molecule has 9 saturated carbocycles. The van der Waals surface area contributed by atoms with E-state index in [0.29, 0.717) is 53.3 Å². The Balaban J connectivity index is 0.000000142. The smallest absolute Gasteiger partial charge is 0.307 e. The number of esters is 3. The van der Waals surface area contributed by atoms with Gasteiger partial charge in [0.2, 0.25) is 19.6 Å². The van der Waals surface area contributed by atoms with Crippen molar-refractivity contribution in [2.75, 3.05) is 19.6 Å². The first-order chi connectivity index (χ1) is 29.1. The number of hydrogen-bond acceptors (Lipinski definition) is 12. The summed E-state index contributed by atoms with van der Waals surface area (Å²) >= 11 is 0. The Morgan fingerprint density at radius 2 is 0.667 bits per heavy atom. The third-order valence-electron chi connectivity index (χ3n) is 17.7. The lowest BCUT2D eigenvalue weighted by molar-refractivity contribution is -0.512. The molecule has 0 aliphatic heterocycles. The summed E-state index contributed by atoms with van der Waals surface area (Å²) in [6.07, 6.45) is 14.3. The zero-order chi connectivity index (χ0) is 46.2. The summed E-state index contributed by atoms with van der Waals surface area (Å²) in [6, 6.07) is 0. The van der Waals surface area contributed by atoms with Crippen LogP contribution in [0.15, 0.2) is 0 Å². The van der Waals surface area contributed by atoms with Crippen molar-refractivity contribution >= 4 is 17.9 Å². The topological polar surface area (TPSA) is 208 Å². The minimum atomic E-state index is -0.524. The van der Waals surface area contributed by atoms with Crippen LogP contribution < -0.4 is 0 Å². The number of carbonyl (C=O) groups is 3. The molecule has 0 N–H and O–H groups in total. The van der Waals surface area contributed by atoms with Crippen molar-refractivity contribution in [1.29, 1.82) is 0 Å². The molecule has 0 aromatic carbocycles. The Kier molecular flexibility index (Phi) is 12.7. The van der Waals surface area contributed by atoms with Crippen LogP contribution in [0.2, 0.25) is 0 Å². The third-order valence-corrected chi connectivity index (χ3v) is 17.7. The van der Waals surface area contributed by atoms with E-state index in [1.165, 1.54) is 38.5 Å². The molecule has 0 heterocycles. The molecule has 15 heteroatoms. The van der Waals surface area contributed by atoms with Crippen LogP contribution in [-0.4, -0.2) is 69.1 Å². The van der Waals surface area contributed by atoms with Gasteiger partial charge in [-0.1, -0.05) is 19.3 Å². The average molecular weight is 886 g/mol. The highest BCUT2D eigenvalue weighted by atomic mass is 16.6. The van der Waals surface area contributed by atoms with Crippen molar-refractivity contribution < 1.29 is 43.4 Å². The fraction of sp³-hybridized carbons (Fsp3) is 0.938. The van der Waals surface area contributed by atoms with Gasteiger partial charge in [0.15, 0.2) is 0 Å². The highest BCUT2D eigenvalue weighted by Gasteiger charge is 2.71. The first kappa shape index (κ1) is 47.6. The van der Waals surface area contributed by atoms with Gasteiger partial charge < -0.3 is 14.2 Å². The van der Waals surface area contributed by atoms with E-state index in [1.807, 2.05) is 62.3 Å². The number of carbonyl (C=O) groups excluding carboxylic acids is 3. The molecule has 0 saturated heterocycles. The van der Waals surface area contributed by atoms with Gasteiger partial charge in [-0.15, -0.1) is 0 Å². The summed E-state index contributed by atoms with van der Waals surface area (Å²) in [6.45, 7) is 16.4. The van der Waals surface area contributed by atoms with E-state index in [2.05, 4.69) is 0 Å². The fourth-order valence-corrected chi connectivity index (χ4v) is 16.4. The fourth-order valence-electron chi connectivity index (χ4n) is 16.4. The van der Waals surface area contributed by atoms with Crippen molar-refractivity contribution in [3.63, 3.8) is 0 Å². The van der Waals surface area contributed by atoms with E-state index < -0.39 is 33.0 Å². The van der Waals surface area contributed by atoms with Gasteiger partial charge in [0.05, 0.1) is 35.5 Å². The predicted molar refractivity (Wildman–Crippen MR) is 232 cm³/mol. The predicted octanol–water partition coefficient (Wildman–Crippen LogP) is 9.14. The van der Waals surface area contributed by atoms with Gasteiger partial charge in [0.1, 0.15) is 16.8 Å². The molecule has 1 unspecified atom stereocenters. The van der Waals surface area contributed by atoms with Crippen LogP contribution in [0, 0.1) is 118 Å². The number of nitro groups is 3. The Labute approximate surface area is 373 Å². The van der Waals surface area contributed by atoms with E-state index in [0.717, 1.165) is 56.3 Å². The molecule has 0 radical (unpaired) electrons. The Bertz CT molecular complexity index is 1590. The molecule has 354 valence electrons. The van der Waals surface area contributed by atoms with Crippen LogP contribution in [0.25, 0.3) is 0 Å². The lowest BCUT2D eigenvalue weighted by atomic mass is 9.45. The van der Waals surface area contributed by atoms with Crippen LogP contribution in [-0.2, 0) is 28.6 Å². The SMILES string of the molecule is CC(C)(C)OC(=O)C[C@]1(C[N+](=O)[O-])C2CC[C@H]3C[C@@H]2[C@@H]1C3.CC(C)(C)OC(=O)C[C@]1(C[N+](=O)[O-])[C@@H]2C[C@@H]3CC[C@H]1[C@H]2C3.CC(C)(C)OC(=O)C[C@]1(C[N+](=O)[O-])[C@@H]2C[C@@H]3CC[C@H]1[C@H]2C3. The zero-order valence-electron chi connectivity index (χ0n) is 39.4. The lowest BCUT2D eigenvalue weighted by Crippen LogP contribution is -2.59. The molecule has 9 aliphatic carbocycles. The Morgan fingerprint density at radius 3 is 0.873 bits per heavy atom. The second-order valence-corrected chi connectivity index (χ2v) is 24.8. The first-order valence-electron chi connectivity index (χ1n) is 24.1. The summed E-state index contributed by atoms with van der Waals surface area (Å²) in [5.41, 5.74) is -2.86. The van der Waals surface area contributed by atoms with E-state index in [9.17, 15) is 44.7 Å². The van der Waals surface area contributed by atoms with Crippen molar-refractivity contribution in [3.8, 4) is 0 Å². The molecule has 0 aromatic heterocycles. The average Bonchev–Trinajstić information content (AvgIpc) is 3.53. The molecular formula is C48H75N3O12. The monoisotopic (exact) mass is 886 g/mol. The van der Waals surface area contributed by atoms with Crippen LogP contribution in [0.5, 0.6) is 0 Å². The highest BCUT2D eigenvalue weighted by molar-refractivity contribution is 5.72. The Hall–Kier alpha value is -3.39. The summed E-state index contributed by atoms with van der Waals surface area (Å²) in [5, 5.41) is 33.6. The summed E-state index contributed by atoms with van der Waals surface area (Å²) in [7, 11) is 0. The van der Waals surface area contributed by atoms with Gasteiger partial charge in [-0.3, -0.25) is 44.7 Å². The van der Waals surface area contributed by atoms with Crippen molar-refractivity contribution in [3.05, 3.63) is 30.3 Å². The van der Waals surface area contributed by atoms with Gasteiger partial charge >= 0.3 is 17.9 Å². The second kappa shape index (κ2) is 16.8. The molecule has 9 fully saturated rings. The minimum absolute atomic E-state index is 0.0647. The molecule has 0 aromatic rings. The molecule has 63 heavy (non-hydrogen) atoms. The van der Waals surface area contributed by atoms with E-state index in [4.69, 9.17) is 14.2 Å². The van der Waals surface area contributed by atoms with Crippen LogP contribution in [0.3, 0.4) is 0 Å². The molecule has 15 nitrogen and oxygen atoms in total. The molecular weight excluding hydrogens is 811 g/mol. The summed E-state index contributed by atoms with van der Waals surface area (Å²) in [5.74, 6) is 5.50. The maximum Gasteiger partial charge on any atom is 0.307 e. The lowest BCUT2D eigenvalue weighted by Gasteiger charge is -2.57. The molecule has 0 amide bonds. The van der Waals surface area contributed by atoms with Gasteiger partial charge in [-0.2, -0.15) is 0 Å². The number of ether oxygens (including phenoxy) is 3. The van der Waals surface area contributed by atoms with Crippen LogP contribution in [0.1, 0.15) is 159 Å². The molecule has 15 atom stereocenters. The maximum atomic E-state index is 12.3. The van der Waals surface area contributed by atoms with Crippen molar-refractivity contribution in [2.24, 2.45) is 87.3 Å². The van der Waals surface area contributed by atoms with E-state index in [-0.39, 0.29) is 71.6 Å². The van der Waals surface area contributed by atoms with Crippen LogP contribution >= 0.6 is 0 Å². The number of fused-ring (bicyclic) bond motifs is 3. The highest BCUT2D eigenvalue weighted by Crippen LogP contribution is 2.73. The molecule has 9 rings (SSSR count). The number of nitrogens with zero attached hydrogens (tertiary/aromatic N) is 3. The number of hydrogen-bond donors (Lipinski definition) is 0. The molecule has 0 spiro atoms. The largest absolute Gasteiger partial charge is 0.460 e. The summed E-state index contributed by atoms with van der Waals surface area (Å²) in [4.78, 5) is 69.7. The zero-order valence-corrected chi connectivity index (χ0v) is 39.4. The summed E-state index contributed by atoms with van der Waals surface area (Å²) < 4.78 is 16.3. The third kappa shape index (κ3) is 9.50. The normalized spacial score (nSPS) is 40.5.